The molecule has 538 valence electrons. The lowest BCUT2D eigenvalue weighted by molar-refractivity contribution is -0.359. The Morgan fingerprint density at radius 1 is 0.394 bits per heavy atom. The third-order valence-electron chi connectivity index (χ3n) is 17.3. The normalized spacial score (nSPS) is 23.3. The van der Waals surface area contributed by atoms with Crippen molar-refractivity contribution in [3.05, 3.63) is 134 Å². The molecule has 14 nitrogen and oxygen atoms in total. The Morgan fingerprint density at radius 2 is 0.734 bits per heavy atom. The van der Waals surface area contributed by atoms with Gasteiger partial charge in [-0.2, -0.15) is 0 Å². The summed E-state index contributed by atoms with van der Waals surface area (Å²) in [5, 5.41) is 87.5. The molecular weight excluding hydrogens is 1180 g/mol. The monoisotopic (exact) mass is 1320 g/mol. The first kappa shape index (κ1) is 86.2. The van der Waals surface area contributed by atoms with Crippen molar-refractivity contribution in [1.29, 1.82) is 0 Å². The van der Waals surface area contributed by atoms with Crippen LogP contribution in [0.4, 0.5) is 0 Å². The van der Waals surface area contributed by atoms with Crippen LogP contribution in [-0.2, 0) is 23.7 Å². The van der Waals surface area contributed by atoms with Crippen LogP contribution in [0, 0.1) is 0 Å². The second-order valence-electron chi connectivity index (χ2n) is 25.7. The van der Waals surface area contributed by atoms with Crippen molar-refractivity contribution in [2.45, 2.75) is 344 Å². The summed E-state index contributed by atoms with van der Waals surface area (Å²) in [6.45, 7) is 2.67. The fraction of sp³-hybridized carbons (Fsp3) is 0.713. The van der Waals surface area contributed by atoms with Crippen molar-refractivity contribution in [2.24, 2.45) is 0 Å². The molecule has 2 saturated heterocycles. The average Bonchev–Trinajstić information content (AvgIpc) is 0.794. The first-order valence-electron chi connectivity index (χ1n) is 37.4. The van der Waals surface area contributed by atoms with Crippen molar-refractivity contribution in [3.8, 4) is 0 Å². The van der Waals surface area contributed by atoms with Crippen LogP contribution in [-0.4, -0.2) is 140 Å². The Labute approximate surface area is 570 Å². The zero-order valence-electron chi connectivity index (χ0n) is 58.7. The SMILES string of the molecule is CC/C=C\C/C=C\C/C=C\C/C=C\C/C=C\C/C=C\C/C=C\C/C=C\C/C=C\C/C=C\CCCCC(=O)NC(COC1OC(CO)C(OC2OC(CO)C(O)C(O)C2O)C(O)C1O)C(O)/C=C/CCCCCCCCCCCCCCCCCCCCCCCCCCC. The van der Waals surface area contributed by atoms with Gasteiger partial charge in [-0.15, -0.1) is 0 Å². The molecule has 12 atom stereocenters. The first-order chi connectivity index (χ1) is 46.1. The maximum Gasteiger partial charge on any atom is 0.220 e. The van der Waals surface area contributed by atoms with Gasteiger partial charge in [0.2, 0.25) is 5.91 Å². The van der Waals surface area contributed by atoms with Crippen LogP contribution >= 0.6 is 0 Å². The highest BCUT2D eigenvalue weighted by Crippen LogP contribution is 2.30. The van der Waals surface area contributed by atoms with Crippen molar-refractivity contribution in [2.75, 3.05) is 19.8 Å². The van der Waals surface area contributed by atoms with Gasteiger partial charge in [-0.3, -0.25) is 4.79 Å². The lowest BCUT2D eigenvalue weighted by Crippen LogP contribution is -2.65. The van der Waals surface area contributed by atoms with Gasteiger partial charge < -0.3 is 65.1 Å². The minimum Gasteiger partial charge on any atom is -0.394 e. The lowest BCUT2D eigenvalue weighted by Gasteiger charge is -2.46. The Balaban J connectivity index is 1.70. The molecule has 1 amide bonds. The number of carbonyl (C=O) groups is 1. The van der Waals surface area contributed by atoms with E-state index in [9.17, 15) is 45.6 Å². The number of rotatable bonds is 60. The Kier molecular flexibility index (Phi) is 57.4. The van der Waals surface area contributed by atoms with E-state index < -0.39 is 86.8 Å². The zero-order chi connectivity index (χ0) is 68.0. The molecule has 14 heteroatoms. The third-order valence-corrected chi connectivity index (χ3v) is 17.3. The van der Waals surface area contributed by atoms with Gasteiger partial charge in [-0.1, -0.05) is 302 Å². The molecule has 94 heavy (non-hydrogen) atoms. The first-order valence-corrected chi connectivity index (χ1v) is 37.4. The Bertz CT molecular complexity index is 2090. The van der Waals surface area contributed by atoms with Gasteiger partial charge in [-0.05, 0) is 96.3 Å². The topological polar surface area (TPSA) is 228 Å². The molecule has 0 aromatic carbocycles. The summed E-state index contributed by atoms with van der Waals surface area (Å²) in [7, 11) is 0. The zero-order valence-corrected chi connectivity index (χ0v) is 58.7. The second-order valence-corrected chi connectivity index (χ2v) is 25.7. The van der Waals surface area contributed by atoms with E-state index in [0.717, 1.165) is 103 Å². The van der Waals surface area contributed by atoms with Crippen LogP contribution in [0.1, 0.15) is 271 Å². The van der Waals surface area contributed by atoms with E-state index in [4.69, 9.17) is 18.9 Å². The smallest absolute Gasteiger partial charge is 0.220 e. The molecule has 0 spiro atoms. The summed E-state index contributed by atoms with van der Waals surface area (Å²) in [6, 6.07) is -0.951. The van der Waals surface area contributed by atoms with Crippen molar-refractivity contribution < 1.29 is 64.6 Å². The molecule has 0 aliphatic carbocycles. The van der Waals surface area contributed by atoms with Crippen LogP contribution in [0.25, 0.3) is 0 Å². The third kappa shape index (κ3) is 45.6. The quantitative estimate of drug-likeness (QED) is 0.0204. The highest BCUT2D eigenvalue weighted by atomic mass is 16.7. The molecule has 2 heterocycles. The van der Waals surface area contributed by atoms with Gasteiger partial charge in [0, 0.05) is 6.42 Å². The molecule has 0 radical (unpaired) electrons. The van der Waals surface area contributed by atoms with E-state index in [1.54, 1.807) is 6.08 Å². The van der Waals surface area contributed by atoms with Crippen LogP contribution < -0.4 is 5.32 Å². The van der Waals surface area contributed by atoms with Gasteiger partial charge in [-0.25, -0.2) is 0 Å². The molecule has 2 rings (SSSR count). The molecule has 2 aliphatic rings. The average molecular weight is 1320 g/mol. The maximum atomic E-state index is 13.3. The van der Waals surface area contributed by atoms with E-state index in [2.05, 4.69) is 141 Å². The van der Waals surface area contributed by atoms with Gasteiger partial charge >= 0.3 is 0 Å². The standard InChI is InChI=1S/C80H135NO13/c1-3-5-7-9-11-13-15-17-19-21-23-25-27-29-31-32-33-34-35-36-38-40-42-44-46-48-50-52-54-56-58-60-62-64-72(85)81-68(67-91-79-77(90)75(88)78(71(66-83)93-79)94-80-76(89)74(87)73(86)70(65-82)92-80)69(84)63-61-59-57-55-53-51-49-47-45-43-41-39-37-30-28-26-24-22-20-18-16-14-12-10-8-6-4-2/h5,7,11,13,17,19,23,25,29,31,33-34,36,38,42,44,48,50,54,56,61,63,68-71,73-80,82-84,86-90H,3-4,6,8-10,12,14-16,18,20-22,24,26-28,30,32,35,37,39-41,43,45-47,49,51-53,55,57-60,62,64-67H2,1-2H3,(H,81,85)/b7-5-,13-11-,19-17-,25-23-,31-29-,34-33-,38-36-,44-42-,50-48-,56-54-,63-61+. The summed E-state index contributed by atoms with van der Waals surface area (Å²) >= 11 is 0. The van der Waals surface area contributed by atoms with Crippen LogP contribution in [0.2, 0.25) is 0 Å². The molecule has 0 bridgehead atoms. The van der Waals surface area contributed by atoms with Crippen LogP contribution in [0.15, 0.2) is 134 Å². The second kappa shape index (κ2) is 62.6. The highest BCUT2D eigenvalue weighted by Gasteiger charge is 2.51. The summed E-state index contributed by atoms with van der Waals surface area (Å²) in [4.78, 5) is 13.3. The van der Waals surface area contributed by atoms with Gasteiger partial charge in [0.25, 0.3) is 0 Å². The van der Waals surface area contributed by atoms with E-state index >= 15 is 0 Å². The molecule has 9 N–H and O–H groups in total. The Hall–Kier alpha value is -3.87. The minimum absolute atomic E-state index is 0.217. The minimum atomic E-state index is -1.80. The number of carbonyl (C=O) groups excluding carboxylic acids is 1. The van der Waals surface area contributed by atoms with Crippen LogP contribution in [0.3, 0.4) is 0 Å². The van der Waals surface area contributed by atoms with Crippen molar-refractivity contribution >= 4 is 5.91 Å². The molecule has 12 unspecified atom stereocenters. The van der Waals surface area contributed by atoms with Crippen molar-refractivity contribution in [1.82, 2.24) is 5.32 Å². The lowest BCUT2D eigenvalue weighted by atomic mass is 9.97. The number of allylic oxidation sites excluding steroid dienone is 21. The van der Waals surface area contributed by atoms with Crippen molar-refractivity contribution in [3.63, 3.8) is 0 Å². The Morgan fingerprint density at radius 3 is 1.13 bits per heavy atom. The van der Waals surface area contributed by atoms with Gasteiger partial charge in [0.05, 0.1) is 32.0 Å². The molecule has 0 aromatic rings. The highest BCUT2D eigenvalue weighted by molar-refractivity contribution is 5.76. The number of nitrogens with one attached hydrogen (secondary N) is 1. The predicted octanol–water partition coefficient (Wildman–Crippen LogP) is 16.2. The number of ether oxygens (including phenoxy) is 4. The number of hydrogen-bond acceptors (Lipinski definition) is 13. The number of unbranched alkanes of at least 4 members (excludes halogenated alkanes) is 27. The van der Waals surface area contributed by atoms with E-state index in [1.165, 1.54) is 141 Å². The van der Waals surface area contributed by atoms with E-state index in [1.807, 2.05) is 6.08 Å². The fourth-order valence-corrected chi connectivity index (χ4v) is 11.4. The predicted molar refractivity (Wildman–Crippen MR) is 387 cm³/mol. The number of aliphatic hydroxyl groups excluding tert-OH is 8. The fourth-order valence-electron chi connectivity index (χ4n) is 11.4. The van der Waals surface area contributed by atoms with E-state index in [0.29, 0.717) is 6.42 Å². The van der Waals surface area contributed by atoms with Gasteiger partial charge in [0.15, 0.2) is 12.6 Å². The number of hydrogen-bond donors (Lipinski definition) is 9. The summed E-state index contributed by atoms with van der Waals surface area (Å²) < 4.78 is 22.9. The summed E-state index contributed by atoms with van der Waals surface area (Å²) in [6.07, 6.45) is 76.5. The number of amides is 1. The number of aliphatic hydroxyl groups is 8. The summed E-state index contributed by atoms with van der Waals surface area (Å²) in [5.74, 6) is -0.284. The van der Waals surface area contributed by atoms with Crippen LogP contribution in [0.5, 0.6) is 0 Å². The maximum absolute atomic E-state index is 13.3. The largest absolute Gasteiger partial charge is 0.394 e. The van der Waals surface area contributed by atoms with Gasteiger partial charge in [0.1, 0.15) is 48.8 Å². The summed E-state index contributed by atoms with van der Waals surface area (Å²) in [5.41, 5.74) is 0. The molecular formula is C80H135NO13. The molecule has 0 aromatic heterocycles. The molecule has 2 fully saturated rings. The van der Waals surface area contributed by atoms with E-state index in [-0.39, 0.29) is 18.9 Å². The molecule has 2 aliphatic heterocycles. The molecule has 0 saturated carbocycles.